The first-order chi connectivity index (χ1) is 11.7. The molecule has 3 nitrogen and oxygen atoms in total. The molecule has 0 fully saturated rings. The van der Waals surface area contributed by atoms with Crippen LogP contribution < -0.4 is 5.32 Å². The minimum Gasteiger partial charge on any atom is -0.480 e. The zero-order valence-corrected chi connectivity index (χ0v) is 13.2. The molecule has 0 aliphatic rings. The minimum atomic E-state index is -0.887. The van der Waals surface area contributed by atoms with Crippen molar-refractivity contribution in [3.05, 3.63) is 108 Å². The van der Waals surface area contributed by atoms with E-state index in [-0.39, 0.29) is 6.54 Å². The maximum atomic E-state index is 11.3. The molecule has 3 rings (SSSR count). The first-order valence-corrected chi connectivity index (χ1v) is 7.87. The molecule has 3 heteroatoms. The van der Waals surface area contributed by atoms with Crippen molar-refractivity contribution in [2.24, 2.45) is 0 Å². The Morgan fingerprint density at radius 3 is 1.33 bits per heavy atom. The van der Waals surface area contributed by atoms with Crippen LogP contribution in [0.3, 0.4) is 0 Å². The molecular weight excluding hydrogens is 298 g/mol. The molecule has 0 unspecified atom stereocenters. The number of carboxylic acid groups (broad SMARTS) is 1. The van der Waals surface area contributed by atoms with Crippen molar-refractivity contribution in [3.8, 4) is 0 Å². The van der Waals surface area contributed by atoms with E-state index in [2.05, 4.69) is 5.32 Å². The number of rotatable bonds is 6. The maximum Gasteiger partial charge on any atom is 0.317 e. The fourth-order valence-electron chi connectivity index (χ4n) is 3.08. The highest BCUT2D eigenvalue weighted by atomic mass is 16.4. The van der Waals surface area contributed by atoms with Gasteiger partial charge in [0.2, 0.25) is 0 Å². The fourth-order valence-corrected chi connectivity index (χ4v) is 3.08. The summed E-state index contributed by atoms with van der Waals surface area (Å²) in [5.74, 6) is -0.887. The van der Waals surface area contributed by atoms with E-state index in [0.717, 1.165) is 16.7 Å². The van der Waals surface area contributed by atoms with Crippen molar-refractivity contribution in [1.82, 2.24) is 5.32 Å². The predicted molar refractivity (Wildman–Crippen MR) is 94.8 cm³/mol. The quantitative estimate of drug-likeness (QED) is 0.682. The maximum absolute atomic E-state index is 11.3. The van der Waals surface area contributed by atoms with Gasteiger partial charge in [0.25, 0.3) is 0 Å². The standard InChI is InChI=1S/C21H19NO2/c23-20(24)16-22-21(17-10-4-1-5-11-17,18-12-6-2-7-13-18)19-14-8-3-9-15-19/h1-15,22H,16H2,(H,23,24). The van der Waals surface area contributed by atoms with E-state index in [1.807, 2.05) is 91.0 Å². The Bertz CT molecular complexity index is 689. The zero-order valence-electron chi connectivity index (χ0n) is 13.2. The molecule has 0 aromatic heterocycles. The normalized spacial score (nSPS) is 11.2. The molecule has 0 saturated carbocycles. The largest absolute Gasteiger partial charge is 0.480 e. The van der Waals surface area contributed by atoms with Gasteiger partial charge in [0.05, 0.1) is 12.1 Å². The molecule has 0 amide bonds. The summed E-state index contributed by atoms with van der Waals surface area (Å²) in [6.07, 6.45) is 0. The van der Waals surface area contributed by atoms with Gasteiger partial charge < -0.3 is 5.11 Å². The van der Waals surface area contributed by atoms with E-state index in [9.17, 15) is 9.90 Å². The highest BCUT2D eigenvalue weighted by Crippen LogP contribution is 2.36. The lowest BCUT2D eigenvalue weighted by molar-refractivity contribution is -0.136. The summed E-state index contributed by atoms with van der Waals surface area (Å²) in [6.45, 7) is -0.140. The number of benzene rings is 3. The van der Waals surface area contributed by atoms with Crippen molar-refractivity contribution < 1.29 is 9.90 Å². The van der Waals surface area contributed by atoms with Crippen LogP contribution >= 0.6 is 0 Å². The average Bonchev–Trinajstić information content (AvgIpc) is 2.65. The van der Waals surface area contributed by atoms with Gasteiger partial charge in [-0.15, -0.1) is 0 Å². The van der Waals surface area contributed by atoms with E-state index >= 15 is 0 Å². The third-order valence-electron chi connectivity index (χ3n) is 4.13. The molecule has 3 aromatic rings. The molecule has 0 aliphatic carbocycles. The van der Waals surface area contributed by atoms with Crippen molar-refractivity contribution in [1.29, 1.82) is 0 Å². The second kappa shape index (κ2) is 7.11. The van der Waals surface area contributed by atoms with Crippen LogP contribution in [-0.2, 0) is 10.3 Å². The van der Waals surface area contributed by atoms with Crippen molar-refractivity contribution >= 4 is 5.97 Å². The van der Waals surface area contributed by atoms with Crippen molar-refractivity contribution in [3.63, 3.8) is 0 Å². The number of aliphatic carboxylic acids is 1. The zero-order chi connectivity index (χ0) is 16.8. The molecule has 0 bridgehead atoms. The number of carbonyl (C=O) groups is 1. The first-order valence-electron chi connectivity index (χ1n) is 7.87. The summed E-state index contributed by atoms with van der Waals surface area (Å²) < 4.78 is 0. The molecule has 0 saturated heterocycles. The van der Waals surface area contributed by atoms with Crippen LogP contribution in [0.2, 0.25) is 0 Å². The highest BCUT2D eigenvalue weighted by Gasteiger charge is 2.36. The predicted octanol–water partition coefficient (Wildman–Crippen LogP) is 3.65. The van der Waals surface area contributed by atoms with Crippen LogP contribution in [0.4, 0.5) is 0 Å². The molecule has 0 radical (unpaired) electrons. The van der Waals surface area contributed by atoms with Gasteiger partial charge in [-0.05, 0) is 16.7 Å². The second-order valence-electron chi connectivity index (χ2n) is 5.60. The number of hydrogen-bond acceptors (Lipinski definition) is 2. The summed E-state index contributed by atoms with van der Waals surface area (Å²) in [5.41, 5.74) is 2.29. The third kappa shape index (κ3) is 3.07. The van der Waals surface area contributed by atoms with Crippen LogP contribution in [0.15, 0.2) is 91.0 Å². The molecule has 24 heavy (non-hydrogen) atoms. The lowest BCUT2D eigenvalue weighted by atomic mass is 9.77. The summed E-state index contributed by atoms with van der Waals surface area (Å²) in [7, 11) is 0. The Morgan fingerprint density at radius 2 is 1.04 bits per heavy atom. The third-order valence-corrected chi connectivity index (χ3v) is 4.13. The number of carboxylic acids is 1. The van der Waals surface area contributed by atoms with Gasteiger partial charge in [-0.1, -0.05) is 91.0 Å². The monoisotopic (exact) mass is 317 g/mol. The minimum absolute atomic E-state index is 0.140. The summed E-state index contributed by atoms with van der Waals surface area (Å²) in [6, 6.07) is 29.8. The van der Waals surface area contributed by atoms with Crippen LogP contribution in [-0.4, -0.2) is 17.6 Å². The SMILES string of the molecule is O=C(O)CNC(c1ccccc1)(c1ccccc1)c1ccccc1. The molecule has 120 valence electrons. The van der Waals surface area contributed by atoms with E-state index in [0.29, 0.717) is 0 Å². The average molecular weight is 317 g/mol. The van der Waals surface area contributed by atoms with Crippen LogP contribution in [0, 0.1) is 0 Å². The lowest BCUT2D eigenvalue weighted by Crippen LogP contribution is -2.46. The van der Waals surface area contributed by atoms with E-state index < -0.39 is 11.5 Å². The second-order valence-corrected chi connectivity index (χ2v) is 5.60. The Labute approximate surface area is 141 Å². The van der Waals surface area contributed by atoms with Gasteiger partial charge in [0.15, 0.2) is 0 Å². The van der Waals surface area contributed by atoms with Gasteiger partial charge in [-0.25, -0.2) is 0 Å². The van der Waals surface area contributed by atoms with E-state index in [4.69, 9.17) is 0 Å². The highest BCUT2D eigenvalue weighted by molar-refractivity contribution is 5.69. The molecule has 0 aliphatic heterocycles. The first kappa shape index (κ1) is 16.0. The summed E-state index contributed by atoms with van der Waals surface area (Å²) in [5, 5.41) is 12.5. The molecular formula is C21H19NO2. The Hall–Kier alpha value is -2.91. The molecule has 0 spiro atoms. The van der Waals surface area contributed by atoms with Gasteiger partial charge in [-0.2, -0.15) is 0 Å². The summed E-state index contributed by atoms with van der Waals surface area (Å²) in [4.78, 5) is 11.3. The van der Waals surface area contributed by atoms with E-state index in [1.165, 1.54) is 0 Å². The van der Waals surface area contributed by atoms with Crippen LogP contribution in [0.25, 0.3) is 0 Å². The van der Waals surface area contributed by atoms with E-state index in [1.54, 1.807) is 0 Å². The topological polar surface area (TPSA) is 49.3 Å². The van der Waals surface area contributed by atoms with Gasteiger partial charge in [-0.3, -0.25) is 10.1 Å². The number of hydrogen-bond donors (Lipinski definition) is 2. The lowest BCUT2D eigenvalue weighted by Gasteiger charge is -2.36. The smallest absolute Gasteiger partial charge is 0.317 e. The van der Waals surface area contributed by atoms with Gasteiger partial charge in [0, 0.05) is 0 Å². The molecule has 0 heterocycles. The van der Waals surface area contributed by atoms with Crippen LogP contribution in [0.1, 0.15) is 16.7 Å². The van der Waals surface area contributed by atoms with Gasteiger partial charge in [0.1, 0.15) is 0 Å². The van der Waals surface area contributed by atoms with Crippen molar-refractivity contribution in [2.75, 3.05) is 6.54 Å². The molecule has 2 N–H and O–H groups in total. The molecule has 0 atom stereocenters. The Balaban J connectivity index is 2.26. The Kier molecular flexibility index (Phi) is 4.73. The Morgan fingerprint density at radius 1 is 0.708 bits per heavy atom. The van der Waals surface area contributed by atoms with Crippen molar-refractivity contribution in [2.45, 2.75) is 5.54 Å². The fraction of sp³-hybridized carbons (Fsp3) is 0.0952. The van der Waals surface area contributed by atoms with Gasteiger partial charge >= 0.3 is 5.97 Å². The summed E-state index contributed by atoms with van der Waals surface area (Å²) >= 11 is 0. The molecule has 3 aromatic carbocycles. The van der Waals surface area contributed by atoms with Crippen LogP contribution in [0.5, 0.6) is 0 Å². The number of nitrogens with one attached hydrogen (secondary N) is 1.